The molecule has 0 saturated carbocycles. The molecular weight excluding hydrogens is 353 g/mol. The SMILES string of the molecule is O=C1C(=O)N(Cc2ccccc2I)C2CC=CC=C12. The molecule has 2 aliphatic rings. The number of hydrogen-bond donors (Lipinski definition) is 0. The van der Waals surface area contributed by atoms with Crippen molar-refractivity contribution < 1.29 is 9.59 Å². The molecule has 1 heterocycles. The Labute approximate surface area is 125 Å². The molecular formula is C15H12INO2. The van der Waals surface area contributed by atoms with Crippen molar-refractivity contribution >= 4 is 34.3 Å². The number of nitrogens with zero attached hydrogens (tertiary/aromatic N) is 1. The van der Waals surface area contributed by atoms with Crippen LogP contribution >= 0.6 is 22.6 Å². The largest absolute Gasteiger partial charge is 0.324 e. The predicted molar refractivity (Wildman–Crippen MR) is 80.3 cm³/mol. The molecule has 1 aromatic rings. The zero-order valence-electron chi connectivity index (χ0n) is 10.2. The molecule has 96 valence electrons. The van der Waals surface area contributed by atoms with Gasteiger partial charge >= 0.3 is 0 Å². The number of allylic oxidation sites excluding steroid dienone is 2. The Balaban J connectivity index is 1.91. The van der Waals surface area contributed by atoms with E-state index in [1.165, 1.54) is 0 Å². The highest BCUT2D eigenvalue weighted by atomic mass is 127. The molecule has 3 rings (SSSR count). The third kappa shape index (κ3) is 2.14. The molecule has 0 spiro atoms. The fourth-order valence-corrected chi connectivity index (χ4v) is 3.08. The first-order valence-corrected chi connectivity index (χ1v) is 7.22. The standard InChI is InChI=1S/C15H12INO2/c16-12-7-3-1-5-10(12)9-17-13-8-4-2-6-11(13)14(18)15(17)19/h1-7,13H,8-9H2. The van der Waals surface area contributed by atoms with Gasteiger partial charge in [-0.15, -0.1) is 0 Å². The summed E-state index contributed by atoms with van der Waals surface area (Å²) in [5.74, 6) is -0.722. The Bertz CT molecular complexity index is 618. The normalized spacial score (nSPS) is 21.6. The van der Waals surface area contributed by atoms with Crippen LogP contribution in [0, 0.1) is 3.57 Å². The number of ketones is 1. The van der Waals surface area contributed by atoms with Crippen LogP contribution in [0.5, 0.6) is 0 Å². The van der Waals surface area contributed by atoms with E-state index in [1.54, 1.807) is 11.0 Å². The molecule has 1 amide bonds. The van der Waals surface area contributed by atoms with Crippen LogP contribution in [0.25, 0.3) is 0 Å². The summed E-state index contributed by atoms with van der Waals surface area (Å²) in [4.78, 5) is 25.7. The number of carbonyl (C=O) groups is 2. The lowest BCUT2D eigenvalue weighted by Gasteiger charge is -2.25. The number of benzene rings is 1. The minimum Gasteiger partial charge on any atom is -0.324 e. The highest BCUT2D eigenvalue weighted by molar-refractivity contribution is 14.1. The summed E-state index contributed by atoms with van der Waals surface area (Å²) in [6.45, 7) is 0.500. The number of amides is 1. The van der Waals surface area contributed by atoms with E-state index in [0.29, 0.717) is 12.1 Å². The van der Waals surface area contributed by atoms with E-state index < -0.39 is 0 Å². The van der Waals surface area contributed by atoms with Crippen LogP contribution in [0.2, 0.25) is 0 Å². The minimum absolute atomic E-state index is 0.0824. The highest BCUT2D eigenvalue weighted by Crippen LogP contribution is 2.29. The number of carbonyl (C=O) groups excluding carboxylic acids is 2. The lowest BCUT2D eigenvalue weighted by Crippen LogP contribution is -2.34. The van der Waals surface area contributed by atoms with E-state index in [-0.39, 0.29) is 17.7 Å². The third-order valence-corrected chi connectivity index (χ3v) is 4.57. The lowest BCUT2D eigenvalue weighted by molar-refractivity contribution is -0.140. The number of fused-ring (bicyclic) bond motifs is 1. The summed E-state index contributed by atoms with van der Waals surface area (Å²) >= 11 is 2.26. The van der Waals surface area contributed by atoms with Crippen LogP contribution in [0.1, 0.15) is 12.0 Å². The minimum atomic E-state index is -0.375. The maximum Gasteiger partial charge on any atom is 0.295 e. The van der Waals surface area contributed by atoms with Gasteiger partial charge in [0.05, 0.1) is 6.04 Å². The number of Topliss-reactive ketones (excluding diaryl/α,β-unsaturated/α-hetero) is 1. The van der Waals surface area contributed by atoms with Crippen LogP contribution in [-0.4, -0.2) is 22.6 Å². The van der Waals surface area contributed by atoms with Crippen molar-refractivity contribution in [3.8, 4) is 0 Å². The van der Waals surface area contributed by atoms with Gasteiger partial charge in [-0.05, 0) is 40.6 Å². The molecule has 0 aromatic heterocycles. The van der Waals surface area contributed by atoms with Crippen molar-refractivity contribution in [1.82, 2.24) is 4.90 Å². The van der Waals surface area contributed by atoms with Gasteiger partial charge in [0.2, 0.25) is 5.78 Å². The average molecular weight is 365 g/mol. The van der Waals surface area contributed by atoms with Gasteiger partial charge in [-0.25, -0.2) is 0 Å². The van der Waals surface area contributed by atoms with Crippen molar-refractivity contribution in [1.29, 1.82) is 0 Å². The highest BCUT2D eigenvalue weighted by Gasteiger charge is 2.42. The Morgan fingerprint density at radius 2 is 2.05 bits per heavy atom. The molecule has 3 nitrogen and oxygen atoms in total. The van der Waals surface area contributed by atoms with Crippen molar-refractivity contribution in [2.45, 2.75) is 19.0 Å². The smallest absolute Gasteiger partial charge is 0.295 e. The molecule has 1 aliphatic carbocycles. The fraction of sp³-hybridized carbons (Fsp3) is 0.200. The third-order valence-electron chi connectivity index (χ3n) is 3.52. The molecule has 1 fully saturated rings. The zero-order valence-corrected chi connectivity index (χ0v) is 12.3. The van der Waals surface area contributed by atoms with Crippen molar-refractivity contribution in [3.63, 3.8) is 0 Å². The summed E-state index contributed by atoms with van der Waals surface area (Å²) in [6, 6.07) is 7.85. The summed E-state index contributed by atoms with van der Waals surface area (Å²) in [5.41, 5.74) is 1.72. The van der Waals surface area contributed by atoms with Gasteiger partial charge in [0.25, 0.3) is 5.91 Å². The Hall–Kier alpha value is -1.43. The van der Waals surface area contributed by atoms with Gasteiger partial charge in [-0.2, -0.15) is 0 Å². The molecule has 1 unspecified atom stereocenters. The van der Waals surface area contributed by atoms with Gasteiger partial charge in [0, 0.05) is 15.7 Å². The van der Waals surface area contributed by atoms with Crippen molar-refractivity contribution in [2.24, 2.45) is 0 Å². The molecule has 1 saturated heterocycles. The summed E-state index contributed by atoms with van der Waals surface area (Å²) in [7, 11) is 0. The van der Waals surface area contributed by atoms with Crippen molar-refractivity contribution in [2.75, 3.05) is 0 Å². The summed E-state index contributed by atoms with van der Waals surface area (Å²) in [5, 5.41) is 0. The second kappa shape index (κ2) is 4.92. The van der Waals surface area contributed by atoms with E-state index >= 15 is 0 Å². The van der Waals surface area contributed by atoms with Crippen LogP contribution in [-0.2, 0) is 16.1 Å². The average Bonchev–Trinajstić information content (AvgIpc) is 2.67. The molecule has 1 atom stereocenters. The van der Waals surface area contributed by atoms with Gasteiger partial charge in [0.15, 0.2) is 0 Å². The molecule has 0 radical (unpaired) electrons. The number of halogens is 1. The van der Waals surface area contributed by atoms with E-state index in [9.17, 15) is 9.59 Å². The molecule has 4 heteroatoms. The van der Waals surface area contributed by atoms with Crippen molar-refractivity contribution in [3.05, 3.63) is 57.2 Å². The van der Waals surface area contributed by atoms with E-state index in [0.717, 1.165) is 15.6 Å². The molecule has 0 bridgehead atoms. The Morgan fingerprint density at radius 3 is 2.84 bits per heavy atom. The quantitative estimate of drug-likeness (QED) is 0.597. The monoisotopic (exact) mass is 365 g/mol. The lowest BCUT2D eigenvalue weighted by atomic mass is 9.99. The first-order valence-electron chi connectivity index (χ1n) is 6.14. The predicted octanol–water partition coefficient (Wildman–Crippen LogP) is 2.46. The molecule has 19 heavy (non-hydrogen) atoms. The van der Waals surface area contributed by atoms with E-state index in [1.807, 2.05) is 36.4 Å². The molecule has 1 aliphatic heterocycles. The van der Waals surface area contributed by atoms with Gasteiger partial charge in [-0.3, -0.25) is 9.59 Å². The number of rotatable bonds is 2. The maximum atomic E-state index is 12.1. The number of hydrogen-bond acceptors (Lipinski definition) is 2. The second-order valence-electron chi connectivity index (χ2n) is 4.66. The van der Waals surface area contributed by atoms with E-state index in [4.69, 9.17) is 0 Å². The fourth-order valence-electron chi connectivity index (χ4n) is 2.53. The van der Waals surface area contributed by atoms with Gasteiger partial charge in [0.1, 0.15) is 0 Å². The zero-order chi connectivity index (χ0) is 13.4. The first-order chi connectivity index (χ1) is 9.18. The van der Waals surface area contributed by atoms with Crippen LogP contribution in [0.3, 0.4) is 0 Å². The van der Waals surface area contributed by atoms with Gasteiger partial charge in [-0.1, -0.05) is 36.4 Å². The maximum absolute atomic E-state index is 12.1. The Morgan fingerprint density at radius 1 is 1.26 bits per heavy atom. The first kappa shape index (κ1) is 12.6. The second-order valence-corrected chi connectivity index (χ2v) is 5.82. The molecule has 0 N–H and O–H groups in total. The van der Waals surface area contributed by atoms with Crippen LogP contribution < -0.4 is 0 Å². The Kier molecular flexibility index (Phi) is 3.26. The van der Waals surface area contributed by atoms with Crippen LogP contribution in [0.15, 0.2) is 48.1 Å². The number of likely N-dealkylation sites (tertiary alicyclic amines) is 1. The van der Waals surface area contributed by atoms with Gasteiger partial charge < -0.3 is 4.90 Å². The van der Waals surface area contributed by atoms with E-state index in [2.05, 4.69) is 22.6 Å². The van der Waals surface area contributed by atoms with Crippen LogP contribution in [0.4, 0.5) is 0 Å². The summed E-state index contributed by atoms with van der Waals surface area (Å²) in [6.07, 6.45) is 6.35. The molecule has 1 aromatic carbocycles. The summed E-state index contributed by atoms with van der Waals surface area (Å²) < 4.78 is 1.11. The topological polar surface area (TPSA) is 37.4 Å².